The van der Waals surface area contributed by atoms with Crippen LogP contribution in [0, 0.1) is 11.3 Å². The summed E-state index contributed by atoms with van der Waals surface area (Å²) in [6.07, 6.45) is 1.05. The average Bonchev–Trinajstić information content (AvgIpc) is 2.60. The maximum absolute atomic E-state index is 8.80. The molecule has 0 saturated heterocycles. The van der Waals surface area contributed by atoms with Crippen molar-refractivity contribution in [2.24, 2.45) is 0 Å². The van der Waals surface area contributed by atoms with Gasteiger partial charge in [-0.2, -0.15) is 22.1 Å². The lowest BCUT2D eigenvalue weighted by atomic mass is 10.0. The molecule has 0 saturated carbocycles. The summed E-state index contributed by atoms with van der Waals surface area (Å²) in [5.74, 6) is 2.08. The topological polar surface area (TPSA) is 52.5 Å². The molecule has 1 atom stereocenters. The molecule has 13 heavy (non-hydrogen) atoms. The number of nitrogens with zero attached hydrogens (tertiary/aromatic N) is 2. The van der Waals surface area contributed by atoms with E-state index in [1.54, 1.807) is 0 Å². The Hall–Kier alpha value is -0.950. The summed E-state index contributed by atoms with van der Waals surface area (Å²) in [5, 5.41) is 16.0. The lowest BCUT2D eigenvalue weighted by Crippen LogP contribution is -2.03. The molecule has 2 heterocycles. The number of thioether (sulfide) groups is 1. The van der Waals surface area contributed by atoms with Crippen molar-refractivity contribution in [3.63, 3.8) is 0 Å². The second-order valence-corrected chi connectivity index (χ2v) is 4.32. The molecule has 1 unspecified atom stereocenters. The number of aromatic nitrogens is 2. The van der Waals surface area contributed by atoms with Crippen molar-refractivity contribution < 1.29 is 0 Å². The molecule has 1 aromatic rings. The summed E-state index contributed by atoms with van der Waals surface area (Å²) in [7, 11) is 0. The van der Waals surface area contributed by atoms with E-state index in [9.17, 15) is 0 Å². The summed E-state index contributed by atoms with van der Waals surface area (Å²) in [4.78, 5) is 0. The second-order valence-electron chi connectivity index (χ2n) is 3.22. The van der Waals surface area contributed by atoms with Crippen molar-refractivity contribution in [3.8, 4) is 6.07 Å². The monoisotopic (exact) mass is 193 g/mol. The molecule has 2 rings (SSSR count). The van der Waals surface area contributed by atoms with E-state index in [1.807, 2.05) is 18.7 Å². The Morgan fingerprint density at radius 3 is 3.31 bits per heavy atom. The van der Waals surface area contributed by atoms with Gasteiger partial charge in [-0.3, -0.25) is 5.10 Å². The number of hydrogen-bond donors (Lipinski definition) is 1. The third-order valence-corrected chi connectivity index (χ3v) is 3.32. The van der Waals surface area contributed by atoms with Crippen molar-refractivity contribution in [1.29, 1.82) is 5.26 Å². The summed E-state index contributed by atoms with van der Waals surface area (Å²) in [6.45, 7) is 1.90. The van der Waals surface area contributed by atoms with Crippen molar-refractivity contribution in [1.82, 2.24) is 10.2 Å². The molecule has 68 valence electrons. The summed E-state index contributed by atoms with van der Waals surface area (Å²) >= 11 is 1.92. The van der Waals surface area contributed by atoms with E-state index in [0.29, 0.717) is 0 Å². The molecule has 4 heteroatoms. The largest absolute Gasteiger partial charge is 0.281 e. The maximum atomic E-state index is 8.80. The van der Waals surface area contributed by atoms with Crippen molar-refractivity contribution >= 4 is 11.8 Å². The average molecular weight is 193 g/mol. The highest BCUT2D eigenvalue weighted by Gasteiger charge is 2.20. The molecule has 0 bridgehead atoms. The molecule has 0 aromatic carbocycles. The molecule has 1 aromatic heterocycles. The Morgan fingerprint density at radius 2 is 2.54 bits per heavy atom. The highest BCUT2D eigenvalue weighted by Crippen LogP contribution is 2.28. The first-order chi connectivity index (χ1) is 6.33. The fourth-order valence-corrected chi connectivity index (χ4v) is 2.52. The second kappa shape index (κ2) is 3.43. The van der Waals surface area contributed by atoms with Crippen molar-refractivity contribution in [3.05, 3.63) is 17.0 Å². The van der Waals surface area contributed by atoms with Gasteiger partial charge in [-0.25, -0.2) is 0 Å². The normalized spacial score (nSPS) is 17.5. The Balaban J connectivity index is 2.38. The number of H-pyrrole nitrogens is 1. The third kappa shape index (κ3) is 1.44. The molecular formula is C9H11N3S. The SMILES string of the molecule is CC(C#N)c1n[nH]c2c1CCSC2. The van der Waals surface area contributed by atoms with Gasteiger partial charge in [0.05, 0.1) is 17.7 Å². The van der Waals surface area contributed by atoms with Crippen LogP contribution in [0.2, 0.25) is 0 Å². The van der Waals surface area contributed by atoms with Crippen LogP contribution in [0.15, 0.2) is 0 Å². The van der Waals surface area contributed by atoms with Crippen molar-refractivity contribution in [2.45, 2.75) is 25.0 Å². The lowest BCUT2D eigenvalue weighted by Gasteiger charge is -2.11. The summed E-state index contributed by atoms with van der Waals surface area (Å²) < 4.78 is 0. The molecule has 1 N–H and O–H groups in total. The van der Waals surface area contributed by atoms with E-state index in [2.05, 4.69) is 16.3 Å². The first-order valence-corrected chi connectivity index (χ1v) is 5.51. The zero-order valence-electron chi connectivity index (χ0n) is 7.50. The van der Waals surface area contributed by atoms with Gasteiger partial charge in [0.2, 0.25) is 0 Å². The summed E-state index contributed by atoms with van der Waals surface area (Å²) in [6, 6.07) is 2.23. The van der Waals surface area contributed by atoms with E-state index in [4.69, 9.17) is 5.26 Å². The highest BCUT2D eigenvalue weighted by atomic mass is 32.2. The molecular weight excluding hydrogens is 182 g/mol. The lowest BCUT2D eigenvalue weighted by molar-refractivity contribution is 0.878. The predicted molar refractivity (Wildman–Crippen MR) is 52.5 cm³/mol. The van der Waals surface area contributed by atoms with E-state index >= 15 is 0 Å². The molecule has 0 fully saturated rings. The van der Waals surface area contributed by atoms with E-state index in [0.717, 1.165) is 23.6 Å². The number of rotatable bonds is 1. The van der Waals surface area contributed by atoms with Gasteiger partial charge in [0.15, 0.2) is 0 Å². The molecule has 1 aliphatic rings. The van der Waals surface area contributed by atoms with Crippen LogP contribution in [0.1, 0.15) is 29.8 Å². The standard InChI is InChI=1S/C9H11N3S/c1-6(4-10)9-7-2-3-13-5-8(7)11-12-9/h6H,2-3,5H2,1H3,(H,11,12). The Labute approximate surface area is 81.5 Å². The number of nitriles is 1. The van der Waals surface area contributed by atoms with Crippen LogP contribution in [0.5, 0.6) is 0 Å². The number of hydrogen-bond acceptors (Lipinski definition) is 3. The van der Waals surface area contributed by atoms with Crippen LogP contribution in [-0.4, -0.2) is 16.0 Å². The molecule has 3 nitrogen and oxygen atoms in total. The Morgan fingerprint density at radius 1 is 1.69 bits per heavy atom. The van der Waals surface area contributed by atoms with Crippen LogP contribution >= 0.6 is 11.8 Å². The quantitative estimate of drug-likeness (QED) is 0.740. The first kappa shape index (κ1) is 8.64. The van der Waals surface area contributed by atoms with Gasteiger partial charge in [0.25, 0.3) is 0 Å². The fourth-order valence-electron chi connectivity index (χ4n) is 1.58. The van der Waals surface area contributed by atoms with Gasteiger partial charge in [-0.05, 0) is 24.7 Å². The van der Waals surface area contributed by atoms with Gasteiger partial charge in [-0.15, -0.1) is 0 Å². The van der Waals surface area contributed by atoms with Gasteiger partial charge in [0, 0.05) is 11.4 Å². The highest BCUT2D eigenvalue weighted by molar-refractivity contribution is 7.98. The van der Waals surface area contributed by atoms with Crippen LogP contribution in [0.4, 0.5) is 0 Å². The van der Waals surface area contributed by atoms with E-state index in [-0.39, 0.29) is 5.92 Å². The Kier molecular flexibility index (Phi) is 2.28. The van der Waals surface area contributed by atoms with E-state index < -0.39 is 0 Å². The van der Waals surface area contributed by atoms with Gasteiger partial charge < -0.3 is 0 Å². The van der Waals surface area contributed by atoms with Crippen LogP contribution in [0.3, 0.4) is 0 Å². The smallest absolute Gasteiger partial charge is 0.0878 e. The number of fused-ring (bicyclic) bond motifs is 1. The van der Waals surface area contributed by atoms with Crippen molar-refractivity contribution in [2.75, 3.05) is 5.75 Å². The molecule has 0 aliphatic carbocycles. The number of nitrogens with one attached hydrogen (secondary N) is 1. The van der Waals surface area contributed by atoms with Gasteiger partial charge in [-0.1, -0.05) is 0 Å². The summed E-state index contributed by atoms with van der Waals surface area (Å²) in [5.41, 5.74) is 3.46. The van der Waals surface area contributed by atoms with Gasteiger partial charge in [0.1, 0.15) is 0 Å². The van der Waals surface area contributed by atoms with E-state index in [1.165, 1.54) is 11.3 Å². The van der Waals surface area contributed by atoms with Gasteiger partial charge >= 0.3 is 0 Å². The van der Waals surface area contributed by atoms with Crippen LogP contribution < -0.4 is 0 Å². The molecule has 0 amide bonds. The maximum Gasteiger partial charge on any atom is 0.0878 e. The minimum absolute atomic E-state index is 0.0805. The number of aromatic amines is 1. The zero-order chi connectivity index (χ0) is 9.26. The Bertz CT molecular complexity index is 350. The fraction of sp³-hybridized carbons (Fsp3) is 0.556. The molecule has 0 spiro atoms. The molecule has 1 aliphatic heterocycles. The zero-order valence-corrected chi connectivity index (χ0v) is 8.32. The minimum Gasteiger partial charge on any atom is -0.281 e. The predicted octanol–water partition coefficient (Wildman–Crippen LogP) is 1.83. The molecule has 0 radical (unpaired) electrons. The first-order valence-electron chi connectivity index (χ1n) is 4.36. The van der Waals surface area contributed by atoms with Crippen LogP contribution in [0.25, 0.3) is 0 Å². The van der Waals surface area contributed by atoms with Crippen LogP contribution in [-0.2, 0) is 12.2 Å². The third-order valence-electron chi connectivity index (χ3n) is 2.33. The minimum atomic E-state index is -0.0805.